The number of rotatable bonds is 4. The monoisotopic (exact) mass is 244 g/mol. The van der Waals surface area contributed by atoms with Gasteiger partial charge >= 0.3 is 0 Å². The van der Waals surface area contributed by atoms with Gasteiger partial charge in [0, 0.05) is 9.79 Å². The van der Waals surface area contributed by atoms with Gasteiger partial charge in [-0.3, -0.25) is 0 Å². The molecule has 0 aliphatic heterocycles. The fourth-order valence-electron chi connectivity index (χ4n) is 1.48. The summed E-state index contributed by atoms with van der Waals surface area (Å²) in [6, 6.07) is 18.6. The van der Waals surface area contributed by atoms with Crippen molar-refractivity contribution in [2.24, 2.45) is 0 Å². The van der Waals surface area contributed by atoms with Crippen molar-refractivity contribution in [3.8, 4) is 5.75 Å². The maximum Gasteiger partial charge on any atom is 0.119 e. The van der Waals surface area contributed by atoms with Gasteiger partial charge < -0.3 is 4.74 Å². The van der Waals surface area contributed by atoms with Crippen LogP contribution in [0, 0.1) is 0 Å². The van der Waals surface area contributed by atoms with E-state index < -0.39 is 0 Å². The molecule has 0 atom stereocenters. The molecule has 17 heavy (non-hydrogen) atoms. The summed E-state index contributed by atoms with van der Waals surface area (Å²) in [6.45, 7) is 4.07. The highest BCUT2D eigenvalue weighted by atomic mass is 32.2. The number of hydrogen-bond donors (Lipinski definition) is 0. The molecule has 0 aliphatic carbocycles. The van der Waals surface area contributed by atoms with Gasteiger partial charge in [-0.2, -0.15) is 0 Å². The van der Waals surface area contributed by atoms with E-state index in [0.717, 1.165) is 5.75 Å². The number of benzene rings is 2. The average Bonchev–Trinajstić information content (AvgIpc) is 2.32. The van der Waals surface area contributed by atoms with E-state index in [0.29, 0.717) is 0 Å². The molecule has 0 spiro atoms. The molecule has 0 unspecified atom stereocenters. The second-order valence-electron chi connectivity index (χ2n) is 4.05. The van der Waals surface area contributed by atoms with Crippen LogP contribution in [0.5, 0.6) is 5.75 Å². The van der Waals surface area contributed by atoms with Crippen molar-refractivity contribution in [1.82, 2.24) is 0 Å². The first-order chi connectivity index (χ1) is 8.24. The Morgan fingerprint density at radius 3 is 2.00 bits per heavy atom. The molecule has 0 saturated carbocycles. The summed E-state index contributed by atoms with van der Waals surface area (Å²) in [5.41, 5.74) is 0. The van der Waals surface area contributed by atoms with Crippen LogP contribution < -0.4 is 4.74 Å². The summed E-state index contributed by atoms with van der Waals surface area (Å²) in [6.07, 6.45) is 0.225. The predicted molar refractivity (Wildman–Crippen MR) is 72.8 cm³/mol. The van der Waals surface area contributed by atoms with Crippen LogP contribution in [0.3, 0.4) is 0 Å². The van der Waals surface area contributed by atoms with Gasteiger partial charge in [-0.05, 0) is 50.2 Å². The van der Waals surface area contributed by atoms with Crippen LogP contribution in [0.15, 0.2) is 64.4 Å². The van der Waals surface area contributed by atoms with E-state index in [1.807, 2.05) is 32.0 Å². The summed E-state index contributed by atoms with van der Waals surface area (Å²) in [5, 5.41) is 0. The zero-order valence-corrected chi connectivity index (χ0v) is 10.9. The first-order valence-corrected chi connectivity index (χ1v) is 6.55. The lowest BCUT2D eigenvalue weighted by Crippen LogP contribution is -2.04. The lowest BCUT2D eigenvalue weighted by molar-refractivity contribution is 0.242. The van der Waals surface area contributed by atoms with Gasteiger partial charge in [0.25, 0.3) is 0 Å². The topological polar surface area (TPSA) is 9.23 Å². The molecule has 2 heteroatoms. The smallest absolute Gasteiger partial charge is 0.119 e. The van der Waals surface area contributed by atoms with Crippen LogP contribution in [0.4, 0.5) is 0 Å². The highest BCUT2D eigenvalue weighted by molar-refractivity contribution is 7.99. The quantitative estimate of drug-likeness (QED) is 0.775. The van der Waals surface area contributed by atoms with Gasteiger partial charge in [0.15, 0.2) is 0 Å². The molecule has 0 heterocycles. The number of hydrogen-bond acceptors (Lipinski definition) is 2. The molecule has 2 rings (SSSR count). The molecule has 0 bridgehead atoms. The Bertz CT molecular complexity index is 448. The Labute approximate surface area is 107 Å². The average molecular weight is 244 g/mol. The predicted octanol–water partition coefficient (Wildman–Crippen LogP) is 4.63. The molecule has 0 aromatic heterocycles. The highest BCUT2D eigenvalue weighted by Crippen LogP contribution is 2.28. The van der Waals surface area contributed by atoms with Crippen LogP contribution in [-0.2, 0) is 0 Å². The maximum atomic E-state index is 5.61. The Hall–Kier alpha value is -1.41. The zero-order chi connectivity index (χ0) is 12.1. The van der Waals surface area contributed by atoms with E-state index >= 15 is 0 Å². The third-order valence-corrected chi connectivity index (χ3v) is 3.19. The Morgan fingerprint density at radius 1 is 0.824 bits per heavy atom. The van der Waals surface area contributed by atoms with Gasteiger partial charge in [-0.15, -0.1) is 0 Å². The van der Waals surface area contributed by atoms with Gasteiger partial charge in [-0.1, -0.05) is 30.0 Å². The third kappa shape index (κ3) is 3.82. The second-order valence-corrected chi connectivity index (χ2v) is 5.20. The summed E-state index contributed by atoms with van der Waals surface area (Å²) < 4.78 is 5.61. The largest absolute Gasteiger partial charge is 0.491 e. The molecule has 0 radical (unpaired) electrons. The Morgan fingerprint density at radius 2 is 1.41 bits per heavy atom. The molecule has 2 aromatic rings. The summed E-state index contributed by atoms with van der Waals surface area (Å²) in [5.74, 6) is 0.928. The van der Waals surface area contributed by atoms with Crippen molar-refractivity contribution < 1.29 is 4.74 Å². The lowest BCUT2D eigenvalue weighted by Gasteiger charge is -2.09. The Balaban J connectivity index is 2.03. The molecule has 0 N–H and O–H groups in total. The molecule has 0 fully saturated rings. The van der Waals surface area contributed by atoms with Crippen LogP contribution in [0.2, 0.25) is 0 Å². The molecule has 0 amide bonds. The van der Waals surface area contributed by atoms with E-state index in [2.05, 4.69) is 36.4 Å². The van der Waals surface area contributed by atoms with Crippen molar-refractivity contribution >= 4 is 11.8 Å². The zero-order valence-electron chi connectivity index (χ0n) is 10.1. The van der Waals surface area contributed by atoms with Crippen LogP contribution in [-0.4, -0.2) is 6.10 Å². The van der Waals surface area contributed by atoms with Crippen LogP contribution in [0.1, 0.15) is 13.8 Å². The van der Waals surface area contributed by atoms with Gasteiger partial charge in [0.05, 0.1) is 6.10 Å². The van der Waals surface area contributed by atoms with Crippen LogP contribution in [0.25, 0.3) is 0 Å². The molecule has 88 valence electrons. The normalized spacial score (nSPS) is 10.5. The standard InChI is InChI=1S/C15H16OS/c1-12(2)16-13-8-10-15(11-9-13)17-14-6-4-3-5-7-14/h3-12H,1-2H3. The van der Waals surface area contributed by atoms with E-state index in [9.17, 15) is 0 Å². The van der Waals surface area contributed by atoms with E-state index in [4.69, 9.17) is 4.74 Å². The molecule has 2 aromatic carbocycles. The third-order valence-electron chi connectivity index (χ3n) is 2.17. The van der Waals surface area contributed by atoms with Crippen molar-refractivity contribution in [3.63, 3.8) is 0 Å². The Kier molecular flexibility index (Phi) is 4.10. The van der Waals surface area contributed by atoms with Crippen molar-refractivity contribution in [3.05, 3.63) is 54.6 Å². The van der Waals surface area contributed by atoms with Gasteiger partial charge in [-0.25, -0.2) is 0 Å². The van der Waals surface area contributed by atoms with E-state index in [-0.39, 0.29) is 6.10 Å². The highest BCUT2D eigenvalue weighted by Gasteiger charge is 1.99. The minimum atomic E-state index is 0.225. The fraction of sp³-hybridized carbons (Fsp3) is 0.200. The summed E-state index contributed by atoms with van der Waals surface area (Å²) in [4.78, 5) is 2.48. The van der Waals surface area contributed by atoms with Gasteiger partial charge in [0.2, 0.25) is 0 Å². The summed E-state index contributed by atoms with van der Waals surface area (Å²) >= 11 is 1.76. The van der Waals surface area contributed by atoms with E-state index in [1.165, 1.54) is 9.79 Å². The fourth-order valence-corrected chi connectivity index (χ4v) is 2.32. The van der Waals surface area contributed by atoms with E-state index in [1.54, 1.807) is 11.8 Å². The molecule has 0 aliphatic rings. The first-order valence-electron chi connectivity index (χ1n) is 5.73. The summed E-state index contributed by atoms with van der Waals surface area (Å²) in [7, 11) is 0. The molecule has 0 saturated heterocycles. The maximum absolute atomic E-state index is 5.61. The SMILES string of the molecule is CC(C)Oc1ccc(Sc2ccccc2)cc1. The van der Waals surface area contributed by atoms with Gasteiger partial charge in [0.1, 0.15) is 5.75 Å². The second kappa shape index (κ2) is 5.78. The van der Waals surface area contributed by atoms with Crippen LogP contribution >= 0.6 is 11.8 Å². The number of ether oxygens (including phenoxy) is 1. The minimum Gasteiger partial charge on any atom is -0.491 e. The van der Waals surface area contributed by atoms with Crippen molar-refractivity contribution in [1.29, 1.82) is 0 Å². The van der Waals surface area contributed by atoms with Crippen molar-refractivity contribution in [2.75, 3.05) is 0 Å². The molecular formula is C15H16OS. The first kappa shape index (κ1) is 12.1. The molecule has 1 nitrogen and oxygen atoms in total. The lowest BCUT2D eigenvalue weighted by atomic mass is 10.3. The minimum absolute atomic E-state index is 0.225. The molecular weight excluding hydrogens is 228 g/mol. The van der Waals surface area contributed by atoms with Crippen molar-refractivity contribution in [2.45, 2.75) is 29.7 Å².